The van der Waals surface area contributed by atoms with Crippen LogP contribution in [0.2, 0.25) is 0 Å². The van der Waals surface area contributed by atoms with Gasteiger partial charge < -0.3 is 44.0 Å². The van der Waals surface area contributed by atoms with E-state index in [0.717, 1.165) is 0 Å². The number of hydrogen-bond donors (Lipinski definition) is 2. The molecule has 12 nitrogen and oxygen atoms in total. The monoisotopic (exact) mass is 792 g/mol. The minimum absolute atomic E-state index is 0. The molecule has 46 heavy (non-hydrogen) atoms. The molecule has 2 N–H and O–H groups in total. The molecule has 2 rings (SSSR count). The van der Waals surface area contributed by atoms with Gasteiger partial charge in [0.15, 0.2) is 0 Å². The predicted molar refractivity (Wildman–Crippen MR) is 164 cm³/mol. The van der Waals surface area contributed by atoms with Crippen molar-refractivity contribution in [1.82, 2.24) is 15.5 Å². The van der Waals surface area contributed by atoms with Gasteiger partial charge in [0.2, 0.25) is 5.91 Å². The van der Waals surface area contributed by atoms with Crippen LogP contribution >= 0.6 is 0 Å². The molecule has 2 atom stereocenters. The maximum atomic E-state index is 13.3. The van der Waals surface area contributed by atoms with Crippen molar-refractivity contribution in [2.24, 2.45) is 17.8 Å². The molecule has 3 amide bonds. The summed E-state index contributed by atoms with van der Waals surface area (Å²) < 4.78 is 40.3. The van der Waals surface area contributed by atoms with Crippen molar-refractivity contribution in [3.63, 3.8) is 0 Å². The summed E-state index contributed by atoms with van der Waals surface area (Å²) in [7, 11) is 0. The van der Waals surface area contributed by atoms with Gasteiger partial charge in [-0.15, -0.1) is 0 Å². The van der Waals surface area contributed by atoms with E-state index in [4.69, 9.17) is 23.7 Å². The molecule has 259 valence electrons. The van der Waals surface area contributed by atoms with E-state index in [-0.39, 0.29) is 68.5 Å². The van der Waals surface area contributed by atoms with Gasteiger partial charge in [0, 0.05) is 64.8 Å². The molecule has 1 aliphatic rings. The quantitative estimate of drug-likeness (QED) is 0.0556. The van der Waals surface area contributed by atoms with Crippen molar-refractivity contribution in [1.29, 1.82) is 5.26 Å². The first-order valence-electron chi connectivity index (χ1n) is 15.3. The Kier molecular flexibility index (Phi) is 23.6. The molecule has 1 aromatic rings. The molecular formula is C32H46FN4O8Tb-. The zero-order chi connectivity index (χ0) is 32.7. The van der Waals surface area contributed by atoms with Gasteiger partial charge in [0.25, 0.3) is 5.91 Å². The minimum atomic E-state index is -0.436. The Morgan fingerprint density at radius 3 is 1.96 bits per heavy atom. The molecule has 0 saturated carbocycles. The van der Waals surface area contributed by atoms with E-state index >= 15 is 0 Å². The molecule has 14 heteroatoms. The number of ether oxygens (including phenoxy) is 5. The van der Waals surface area contributed by atoms with Gasteiger partial charge in [-0.2, -0.15) is 11.7 Å². The largest absolute Gasteiger partial charge is 0.528 e. The van der Waals surface area contributed by atoms with E-state index in [0.29, 0.717) is 97.7 Å². The Hall–Kier alpha value is -2.12. The summed E-state index contributed by atoms with van der Waals surface area (Å²) in [4.78, 5) is 37.8. The van der Waals surface area contributed by atoms with Crippen LogP contribution in [0.1, 0.15) is 25.8 Å². The number of nitriles is 1. The molecule has 2 unspecified atom stereocenters. The molecule has 0 aromatic heterocycles. The fraction of sp³-hybridized carbons (Fsp3) is 0.625. The van der Waals surface area contributed by atoms with Gasteiger partial charge in [-0.3, -0.25) is 9.59 Å². The zero-order valence-electron chi connectivity index (χ0n) is 26.6. The summed E-state index contributed by atoms with van der Waals surface area (Å²) in [5.74, 6) is -1.04. The predicted octanol–water partition coefficient (Wildman–Crippen LogP) is 1.71. The molecular weight excluding hydrogens is 746 g/mol. The maximum absolute atomic E-state index is 13.3. The van der Waals surface area contributed by atoms with Gasteiger partial charge in [-0.1, -0.05) is 26.0 Å². The third-order valence-electron chi connectivity index (χ3n) is 7.09. The molecule has 1 fully saturated rings. The number of benzene rings is 1. The second kappa shape index (κ2) is 25.9. The molecule has 1 radical (unpaired) electrons. The van der Waals surface area contributed by atoms with E-state index in [1.165, 1.54) is 30.3 Å². The third-order valence-corrected chi connectivity index (χ3v) is 7.09. The van der Waals surface area contributed by atoms with Crippen LogP contribution in [0, 0.1) is 73.5 Å². The SMILES string of the molecule is CC(C)C1CC(C(=O)NCCOCCOCCOCCOCCOCCN[C-]=O)CN(C(=O)/C(C#N)=C/c2ccc(F)cc2)C1.[Tb]. The average Bonchev–Trinajstić information content (AvgIpc) is 3.04. The van der Waals surface area contributed by atoms with E-state index in [1.54, 1.807) is 11.3 Å². The molecule has 1 aromatic carbocycles. The number of carbonyl (C=O) groups is 2. The summed E-state index contributed by atoms with van der Waals surface area (Å²) >= 11 is 0. The number of amides is 3. The van der Waals surface area contributed by atoms with Crippen LogP contribution in [0.15, 0.2) is 29.8 Å². The van der Waals surface area contributed by atoms with Crippen LogP contribution < -0.4 is 10.6 Å². The van der Waals surface area contributed by atoms with Crippen molar-refractivity contribution >= 4 is 24.3 Å². The fourth-order valence-electron chi connectivity index (χ4n) is 4.56. The first kappa shape index (κ1) is 41.9. The molecule has 1 heterocycles. The van der Waals surface area contributed by atoms with Gasteiger partial charge in [-0.05, 0) is 42.0 Å². The number of nitrogens with one attached hydrogen (secondary N) is 2. The Bertz CT molecular complexity index is 1090. The van der Waals surface area contributed by atoms with Crippen LogP contribution in [0.5, 0.6) is 0 Å². The number of nitrogens with zero attached hydrogens (tertiary/aromatic N) is 2. The number of halogens is 1. The van der Waals surface area contributed by atoms with Crippen LogP contribution in [0.3, 0.4) is 0 Å². The second-order valence-electron chi connectivity index (χ2n) is 10.7. The van der Waals surface area contributed by atoms with Gasteiger partial charge >= 0.3 is 0 Å². The number of rotatable bonds is 23. The van der Waals surface area contributed by atoms with Crippen LogP contribution in [-0.2, 0) is 38.1 Å². The molecule has 0 spiro atoms. The summed E-state index contributed by atoms with van der Waals surface area (Å²) in [5, 5.41) is 14.9. The van der Waals surface area contributed by atoms with Crippen molar-refractivity contribution in [2.45, 2.75) is 20.3 Å². The Morgan fingerprint density at radius 2 is 1.46 bits per heavy atom. The van der Waals surface area contributed by atoms with Crippen LogP contribution in [-0.4, -0.2) is 115 Å². The van der Waals surface area contributed by atoms with E-state index in [9.17, 15) is 24.0 Å². The van der Waals surface area contributed by atoms with Crippen molar-refractivity contribution in [3.8, 4) is 6.07 Å². The topological polar surface area (TPSA) is 148 Å². The summed E-state index contributed by atoms with van der Waals surface area (Å²) in [6.07, 6.45) is 3.66. The molecule has 1 saturated heterocycles. The average molecular weight is 793 g/mol. The van der Waals surface area contributed by atoms with Gasteiger partial charge in [-0.25, -0.2) is 4.39 Å². The number of piperidine rings is 1. The number of likely N-dealkylation sites (tertiary alicyclic amines) is 1. The maximum Gasteiger partial charge on any atom is 0.264 e. The first-order valence-corrected chi connectivity index (χ1v) is 15.3. The summed E-state index contributed by atoms with van der Waals surface area (Å²) in [6, 6.07) is 7.51. The zero-order valence-corrected chi connectivity index (χ0v) is 28.7. The van der Waals surface area contributed by atoms with Crippen molar-refractivity contribution in [2.75, 3.05) is 92.2 Å². The van der Waals surface area contributed by atoms with E-state index in [2.05, 4.69) is 24.5 Å². The normalized spacial score (nSPS) is 16.4. The van der Waals surface area contributed by atoms with Crippen molar-refractivity contribution < 1.29 is 81.1 Å². The summed E-state index contributed by atoms with van der Waals surface area (Å²) in [6.45, 7) is 9.66. The first-order chi connectivity index (χ1) is 21.8. The minimum Gasteiger partial charge on any atom is -0.528 e. The van der Waals surface area contributed by atoms with Crippen molar-refractivity contribution in [3.05, 3.63) is 41.2 Å². The molecule has 0 bridgehead atoms. The standard InChI is InChI=1S/C32H46FN4O8.Tb/c1-25(2)28-20-29(23-37(22-28)32(40)27(21-34)19-26-3-5-30(33)6-4-26)31(39)36-8-10-42-12-14-44-16-18-45-17-15-43-13-11-41-9-7-35-24-38;/h3-6,19,25,28-29H,7-18,20,22-23H2,1-2H3,(H,35,38)(H,36,39);/q-1;/b27-19+;. The second-order valence-corrected chi connectivity index (χ2v) is 10.7. The fourth-order valence-corrected chi connectivity index (χ4v) is 4.56. The van der Waals surface area contributed by atoms with E-state index < -0.39 is 17.6 Å². The third kappa shape index (κ3) is 17.7. The van der Waals surface area contributed by atoms with Gasteiger partial charge in [0.1, 0.15) is 17.5 Å². The molecule has 1 aliphatic heterocycles. The van der Waals surface area contributed by atoms with E-state index in [1.807, 2.05) is 6.07 Å². The number of hydrogen-bond acceptors (Lipinski definition) is 9. The van der Waals surface area contributed by atoms with Crippen LogP contribution in [0.4, 0.5) is 4.39 Å². The van der Waals surface area contributed by atoms with Gasteiger partial charge in [0.05, 0.1) is 72.0 Å². The molecule has 0 aliphatic carbocycles. The smallest absolute Gasteiger partial charge is 0.264 e. The number of carbonyl (C=O) groups excluding carboxylic acids is 3. The Labute approximate surface area is 302 Å². The Balaban J connectivity index is 0.0000106. The van der Waals surface area contributed by atoms with Crippen LogP contribution in [0.25, 0.3) is 6.08 Å². The Morgan fingerprint density at radius 1 is 0.935 bits per heavy atom. The summed E-state index contributed by atoms with van der Waals surface area (Å²) in [5.41, 5.74) is 0.494.